The third-order valence-electron chi connectivity index (χ3n) is 2.68. The van der Waals surface area contributed by atoms with E-state index in [2.05, 4.69) is 5.32 Å². The fraction of sp³-hybridized carbons (Fsp3) is 0.462. The van der Waals surface area contributed by atoms with Crippen LogP contribution in [0.15, 0.2) is 24.3 Å². The number of carbonyl (C=O) groups is 1. The van der Waals surface area contributed by atoms with Crippen molar-refractivity contribution < 1.29 is 19.4 Å². The number of nitrogens with one attached hydrogen (secondary N) is 1. The number of aliphatic carboxylic acids is 1. The minimum atomic E-state index is -0.761. The quantitative estimate of drug-likeness (QED) is 0.745. The van der Waals surface area contributed by atoms with E-state index in [4.69, 9.17) is 14.6 Å². The molecule has 1 aliphatic rings. The highest BCUT2D eigenvalue weighted by Crippen LogP contribution is 2.30. The molecule has 0 aromatic heterocycles. The normalized spacial score (nSPS) is 17.4. The zero-order valence-corrected chi connectivity index (χ0v) is 10.1. The van der Waals surface area contributed by atoms with Gasteiger partial charge < -0.3 is 19.9 Å². The summed E-state index contributed by atoms with van der Waals surface area (Å²) in [6, 6.07) is 7.58. The van der Waals surface area contributed by atoms with E-state index >= 15 is 0 Å². The van der Waals surface area contributed by atoms with Crippen molar-refractivity contribution >= 4 is 5.97 Å². The summed E-state index contributed by atoms with van der Waals surface area (Å²) in [5, 5.41) is 11.7. The Bertz CT molecular complexity index is 408. The molecule has 1 unspecified atom stereocenters. The van der Waals surface area contributed by atoms with Crippen molar-refractivity contribution in [3.8, 4) is 11.5 Å². The van der Waals surface area contributed by atoms with Crippen LogP contribution in [0, 0.1) is 0 Å². The second-order valence-electron chi connectivity index (χ2n) is 4.20. The average molecular weight is 251 g/mol. The van der Waals surface area contributed by atoms with Crippen LogP contribution in [0.4, 0.5) is 0 Å². The van der Waals surface area contributed by atoms with Crippen molar-refractivity contribution in [3.63, 3.8) is 0 Å². The number of hydrogen-bond donors (Lipinski definition) is 2. The molecule has 0 amide bonds. The Morgan fingerprint density at radius 1 is 1.39 bits per heavy atom. The van der Waals surface area contributed by atoms with Crippen LogP contribution < -0.4 is 14.8 Å². The van der Waals surface area contributed by atoms with Crippen molar-refractivity contribution in [2.75, 3.05) is 19.7 Å². The van der Waals surface area contributed by atoms with E-state index < -0.39 is 5.97 Å². The highest BCUT2D eigenvalue weighted by Gasteiger charge is 2.19. The largest absolute Gasteiger partial charge is 0.486 e. The highest BCUT2D eigenvalue weighted by molar-refractivity contribution is 5.66. The number of carboxylic acid groups (broad SMARTS) is 1. The Hall–Kier alpha value is -1.75. The van der Waals surface area contributed by atoms with Crippen LogP contribution in [0.5, 0.6) is 11.5 Å². The summed E-state index contributed by atoms with van der Waals surface area (Å²) in [5.74, 6) is 0.781. The first kappa shape index (κ1) is 12.7. The maximum absolute atomic E-state index is 10.3. The molecule has 1 heterocycles. The van der Waals surface area contributed by atoms with Gasteiger partial charge in [-0.15, -0.1) is 0 Å². The van der Waals surface area contributed by atoms with Crippen LogP contribution >= 0.6 is 0 Å². The lowest BCUT2D eigenvalue weighted by Crippen LogP contribution is -2.38. The molecular formula is C13H17NO4. The molecule has 0 saturated carbocycles. The SMILES string of the molecule is O=C(O)CCCNCC1COc2ccccc2O1. The van der Waals surface area contributed by atoms with Gasteiger partial charge in [-0.25, -0.2) is 0 Å². The minimum absolute atomic E-state index is 0.0234. The summed E-state index contributed by atoms with van der Waals surface area (Å²) in [7, 11) is 0. The number of carboxylic acids is 1. The summed E-state index contributed by atoms with van der Waals surface area (Å²) < 4.78 is 11.3. The van der Waals surface area contributed by atoms with Crippen LogP contribution in [0.1, 0.15) is 12.8 Å². The molecule has 0 bridgehead atoms. The number of ether oxygens (including phenoxy) is 2. The van der Waals surface area contributed by atoms with Gasteiger partial charge in [0.2, 0.25) is 0 Å². The Morgan fingerprint density at radius 3 is 2.94 bits per heavy atom. The predicted molar refractivity (Wildman–Crippen MR) is 66.1 cm³/mol. The van der Waals surface area contributed by atoms with Crippen LogP contribution in [-0.2, 0) is 4.79 Å². The minimum Gasteiger partial charge on any atom is -0.486 e. The van der Waals surface area contributed by atoms with Crippen LogP contribution in [0.2, 0.25) is 0 Å². The number of fused-ring (bicyclic) bond motifs is 1. The Kier molecular flexibility index (Phi) is 4.41. The van der Waals surface area contributed by atoms with Crippen molar-refractivity contribution in [2.24, 2.45) is 0 Å². The lowest BCUT2D eigenvalue weighted by Gasteiger charge is -2.26. The van der Waals surface area contributed by atoms with Gasteiger partial charge in [-0.05, 0) is 25.1 Å². The van der Waals surface area contributed by atoms with Crippen LogP contribution in [-0.4, -0.2) is 36.9 Å². The number of rotatable bonds is 6. The van der Waals surface area contributed by atoms with Crippen molar-refractivity contribution in [3.05, 3.63) is 24.3 Å². The van der Waals surface area contributed by atoms with E-state index in [-0.39, 0.29) is 12.5 Å². The monoisotopic (exact) mass is 251 g/mol. The standard InChI is InChI=1S/C13H17NO4/c15-13(16)6-3-7-14-8-10-9-17-11-4-1-2-5-12(11)18-10/h1-2,4-5,10,14H,3,6-9H2,(H,15,16). The molecular weight excluding hydrogens is 234 g/mol. The average Bonchev–Trinajstić information content (AvgIpc) is 2.38. The van der Waals surface area contributed by atoms with E-state index in [1.807, 2.05) is 24.3 Å². The first-order valence-electron chi connectivity index (χ1n) is 6.06. The lowest BCUT2D eigenvalue weighted by molar-refractivity contribution is -0.137. The zero-order chi connectivity index (χ0) is 12.8. The molecule has 0 spiro atoms. The van der Waals surface area contributed by atoms with E-state index in [0.29, 0.717) is 26.1 Å². The summed E-state index contributed by atoms with van der Waals surface area (Å²) in [6.45, 7) is 1.85. The summed E-state index contributed by atoms with van der Waals surface area (Å²) >= 11 is 0. The molecule has 98 valence electrons. The Balaban J connectivity index is 1.68. The summed E-state index contributed by atoms with van der Waals surface area (Å²) in [6.07, 6.45) is 0.793. The van der Waals surface area contributed by atoms with E-state index in [0.717, 1.165) is 11.5 Å². The maximum atomic E-state index is 10.3. The van der Waals surface area contributed by atoms with Gasteiger partial charge in [0, 0.05) is 13.0 Å². The molecule has 0 radical (unpaired) electrons. The summed E-state index contributed by atoms with van der Waals surface area (Å²) in [4.78, 5) is 10.3. The van der Waals surface area contributed by atoms with Crippen molar-refractivity contribution in [1.82, 2.24) is 5.32 Å². The van der Waals surface area contributed by atoms with Crippen molar-refractivity contribution in [2.45, 2.75) is 18.9 Å². The second-order valence-corrected chi connectivity index (χ2v) is 4.20. The third-order valence-corrected chi connectivity index (χ3v) is 2.68. The fourth-order valence-corrected chi connectivity index (χ4v) is 1.79. The molecule has 0 fully saturated rings. The smallest absolute Gasteiger partial charge is 0.303 e. The first-order chi connectivity index (χ1) is 8.75. The molecule has 2 rings (SSSR count). The molecule has 1 aromatic rings. The van der Waals surface area contributed by atoms with Crippen LogP contribution in [0.25, 0.3) is 0 Å². The number of para-hydroxylation sites is 2. The van der Waals surface area contributed by atoms with Gasteiger partial charge in [0.05, 0.1) is 0 Å². The molecule has 2 N–H and O–H groups in total. The number of hydrogen-bond acceptors (Lipinski definition) is 4. The van der Waals surface area contributed by atoms with Crippen molar-refractivity contribution in [1.29, 1.82) is 0 Å². The van der Waals surface area contributed by atoms with E-state index in [1.165, 1.54) is 0 Å². The highest BCUT2D eigenvalue weighted by atomic mass is 16.6. The van der Waals surface area contributed by atoms with Gasteiger partial charge >= 0.3 is 5.97 Å². The Labute approximate surface area is 106 Å². The number of benzene rings is 1. The molecule has 5 heteroatoms. The van der Waals surface area contributed by atoms with Gasteiger partial charge in [0.15, 0.2) is 11.5 Å². The van der Waals surface area contributed by atoms with Crippen LogP contribution in [0.3, 0.4) is 0 Å². The molecule has 1 aromatic carbocycles. The first-order valence-corrected chi connectivity index (χ1v) is 6.06. The molecule has 5 nitrogen and oxygen atoms in total. The van der Waals surface area contributed by atoms with Gasteiger partial charge in [-0.3, -0.25) is 4.79 Å². The van der Waals surface area contributed by atoms with E-state index in [9.17, 15) is 4.79 Å². The fourth-order valence-electron chi connectivity index (χ4n) is 1.79. The molecule has 1 atom stereocenters. The zero-order valence-electron chi connectivity index (χ0n) is 10.1. The molecule has 0 aliphatic carbocycles. The van der Waals surface area contributed by atoms with Gasteiger partial charge in [-0.2, -0.15) is 0 Å². The van der Waals surface area contributed by atoms with Gasteiger partial charge in [0.1, 0.15) is 12.7 Å². The lowest BCUT2D eigenvalue weighted by atomic mass is 10.2. The Morgan fingerprint density at radius 2 is 2.17 bits per heavy atom. The third kappa shape index (κ3) is 3.63. The molecule has 0 saturated heterocycles. The summed E-state index contributed by atoms with van der Waals surface area (Å²) in [5.41, 5.74) is 0. The molecule has 18 heavy (non-hydrogen) atoms. The second kappa shape index (κ2) is 6.26. The van der Waals surface area contributed by atoms with Gasteiger partial charge in [-0.1, -0.05) is 12.1 Å². The topological polar surface area (TPSA) is 67.8 Å². The maximum Gasteiger partial charge on any atom is 0.303 e. The predicted octanol–water partition coefficient (Wildman–Crippen LogP) is 1.28. The van der Waals surface area contributed by atoms with Gasteiger partial charge in [0.25, 0.3) is 0 Å². The molecule has 1 aliphatic heterocycles. The van der Waals surface area contributed by atoms with E-state index in [1.54, 1.807) is 0 Å².